The predicted octanol–water partition coefficient (Wildman–Crippen LogP) is 1.41. The number of quaternary nitrogens is 1. The zero-order valence-electron chi connectivity index (χ0n) is 15.0. The largest absolute Gasteiger partial charge is 0.363 e. The van der Waals surface area contributed by atoms with Crippen LogP contribution in [0.1, 0.15) is 13.8 Å². The van der Waals surface area contributed by atoms with E-state index in [9.17, 15) is 4.79 Å². The minimum atomic E-state index is -0.144. The van der Waals surface area contributed by atoms with E-state index >= 15 is 0 Å². The maximum Gasteiger partial charge on any atom is 0.245 e. The molecule has 4 nitrogen and oxygen atoms in total. The topological polar surface area (TPSA) is 28.0 Å². The summed E-state index contributed by atoms with van der Waals surface area (Å²) in [7, 11) is 2.01. The van der Waals surface area contributed by atoms with Crippen LogP contribution < -0.4 is 9.80 Å². The quantitative estimate of drug-likeness (QED) is 0.920. The summed E-state index contributed by atoms with van der Waals surface area (Å²) in [5.74, 6) is 0.237. The second kappa shape index (κ2) is 7.22. The molecule has 1 aliphatic rings. The van der Waals surface area contributed by atoms with Crippen LogP contribution in [0.15, 0.2) is 42.5 Å². The van der Waals surface area contributed by atoms with Gasteiger partial charge >= 0.3 is 0 Å². The average Bonchev–Trinajstić information content (AvgIpc) is 2.66. The van der Waals surface area contributed by atoms with Crippen molar-refractivity contribution in [3.8, 4) is 0 Å². The second-order valence-electron chi connectivity index (χ2n) is 6.75. The lowest BCUT2D eigenvalue weighted by Crippen LogP contribution is -3.14. The standard InChI is InChI=1S/C20H27N3O/c1-4-22-11-13-23(14-12-22)20(24)16(2)21(3)19-10-9-17-7-5-6-8-18(17)15-19/h5-10,15-16H,4,11-14H2,1-3H3/p+1/t16-/m0/s1. The minimum absolute atomic E-state index is 0.144. The van der Waals surface area contributed by atoms with Gasteiger partial charge in [0.25, 0.3) is 0 Å². The number of fused-ring (bicyclic) bond motifs is 1. The number of hydrogen-bond donors (Lipinski definition) is 1. The van der Waals surface area contributed by atoms with E-state index in [2.05, 4.69) is 54.3 Å². The van der Waals surface area contributed by atoms with Gasteiger partial charge in [-0.25, -0.2) is 0 Å². The van der Waals surface area contributed by atoms with Crippen molar-refractivity contribution in [2.24, 2.45) is 0 Å². The van der Waals surface area contributed by atoms with Crippen molar-refractivity contribution < 1.29 is 9.69 Å². The van der Waals surface area contributed by atoms with E-state index in [4.69, 9.17) is 0 Å². The number of benzene rings is 2. The molecule has 3 rings (SSSR count). The van der Waals surface area contributed by atoms with Gasteiger partial charge in [-0.3, -0.25) is 4.79 Å². The Morgan fingerprint density at radius 2 is 1.83 bits per heavy atom. The van der Waals surface area contributed by atoms with E-state index in [0.29, 0.717) is 0 Å². The van der Waals surface area contributed by atoms with Gasteiger partial charge < -0.3 is 14.7 Å². The number of amides is 1. The maximum absolute atomic E-state index is 12.8. The highest BCUT2D eigenvalue weighted by Crippen LogP contribution is 2.23. The first-order valence-electron chi connectivity index (χ1n) is 8.94. The summed E-state index contributed by atoms with van der Waals surface area (Å²) in [6.45, 7) is 9.24. The van der Waals surface area contributed by atoms with Gasteiger partial charge in [0.2, 0.25) is 5.91 Å². The molecule has 0 radical (unpaired) electrons. The lowest BCUT2D eigenvalue weighted by atomic mass is 10.1. The van der Waals surface area contributed by atoms with Crippen LogP contribution in [0.3, 0.4) is 0 Å². The van der Waals surface area contributed by atoms with E-state index in [-0.39, 0.29) is 11.9 Å². The highest BCUT2D eigenvalue weighted by atomic mass is 16.2. The van der Waals surface area contributed by atoms with Crippen LogP contribution in [-0.2, 0) is 4.79 Å². The van der Waals surface area contributed by atoms with E-state index in [0.717, 1.165) is 38.4 Å². The van der Waals surface area contributed by atoms with Crippen molar-refractivity contribution >= 4 is 22.4 Å². The van der Waals surface area contributed by atoms with Crippen LogP contribution in [0.4, 0.5) is 5.69 Å². The van der Waals surface area contributed by atoms with E-state index in [1.165, 1.54) is 10.8 Å². The fourth-order valence-electron chi connectivity index (χ4n) is 3.45. The summed E-state index contributed by atoms with van der Waals surface area (Å²) in [6.07, 6.45) is 0. The van der Waals surface area contributed by atoms with Gasteiger partial charge in [-0.1, -0.05) is 30.3 Å². The van der Waals surface area contributed by atoms with Crippen molar-refractivity contribution in [2.45, 2.75) is 19.9 Å². The number of rotatable bonds is 4. The van der Waals surface area contributed by atoms with Gasteiger partial charge in [-0.2, -0.15) is 0 Å². The summed E-state index contributed by atoms with van der Waals surface area (Å²) in [6, 6.07) is 14.6. The molecule has 0 aliphatic carbocycles. The molecule has 0 unspecified atom stereocenters. The number of anilines is 1. The number of carbonyl (C=O) groups excluding carboxylic acids is 1. The normalized spacial score (nSPS) is 17.0. The molecule has 0 aromatic heterocycles. The molecular formula is C20H28N3O+. The Kier molecular flexibility index (Phi) is 5.05. The summed E-state index contributed by atoms with van der Waals surface area (Å²) >= 11 is 0. The fraction of sp³-hybridized carbons (Fsp3) is 0.450. The summed E-state index contributed by atoms with van der Waals surface area (Å²) in [5.41, 5.74) is 1.09. The van der Waals surface area contributed by atoms with Crippen molar-refractivity contribution in [2.75, 3.05) is 44.7 Å². The number of nitrogens with one attached hydrogen (secondary N) is 1. The van der Waals surface area contributed by atoms with Crippen LogP contribution in [0.25, 0.3) is 10.8 Å². The Hall–Kier alpha value is -2.07. The molecule has 1 heterocycles. The summed E-state index contributed by atoms with van der Waals surface area (Å²) in [5, 5.41) is 2.44. The van der Waals surface area contributed by atoms with Crippen molar-refractivity contribution in [1.82, 2.24) is 4.90 Å². The predicted molar refractivity (Wildman–Crippen MR) is 99.6 cm³/mol. The molecule has 2 aromatic rings. The molecule has 0 spiro atoms. The molecule has 1 saturated heterocycles. The first-order valence-corrected chi connectivity index (χ1v) is 8.94. The van der Waals surface area contributed by atoms with Crippen LogP contribution >= 0.6 is 0 Å². The first-order chi connectivity index (χ1) is 11.6. The van der Waals surface area contributed by atoms with Crippen molar-refractivity contribution in [1.29, 1.82) is 0 Å². The molecule has 1 atom stereocenters. The monoisotopic (exact) mass is 326 g/mol. The molecule has 24 heavy (non-hydrogen) atoms. The minimum Gasteiger partial charge on any atom is -0.363 e. The molecule has 1 amide bonds. The van der Waals surface area contributed by atoms with Crippen molar-refractivity contribution in [3.05, 3.63) is 42.5 Å². The summed E-state index contributed by atoms with van der Waals surface area (Å²) < 4.78 is 0. The molecule has 1 fully saturated rings. The van der Waals surface area contributed by atoms with Crippen LogP contribution in [0.2, 0.25) is 0 Å². The SMILES string of the molecule is CC[NH+]1CCN(C(=O)[C@H](C)N(C)c2ccc3ccccc3c2)CC1. The van der Waals surface area contributed by atoms with E-state index < -0.39 is 0 Å². The zero-order chi connectivity index (χ0) is 17.1. The number of nitrogens with zero attached hydrogens (tertiary/aromatic N) is 2. The Labute approximate surface area is 144 Å². The van der Waals surface area contributed by atoms with E-state index in [1.807, 2.05) is 18.9 Å². The third-order valence-electron chi connectivity index (χ3n) is 5.36. The molecular weight excluding hydrogens is 298 g/mol. The third kappa shape index (κ3) is 3.39. The smallest absolute Gasteiger partial charge is 0.245 e. The molecule has 4 heteroatoms. The Bertz CT molecular complexity index is 707. The molecule has 128 valence electrons. The molecule has 2 aromatic carbocycles. The van der Waals surface area contributed by atoms with Gasteiger partial charge in [0.15, 0.2) is 0 Å². The number of piperazine rings is 1. The lowest BCUT2D eigenvalue weighted by Gasteiger charge is -2.35. The van der Waals surface area contributed by atoms with Gasteiger partial charge in [0.1, 0.15) is 6.04 Å². The lowest BCUT2D eigenvalue weighted by molar-refractivity contribution is -0.902. The highest BCUT2D eigenvalue weighted by molar-refractivity contribution is 5.88. The van der Waals surface area contributed by atoms with Crippen LogP contribution in [-0.4, -0.2) is 56.6 Å². The van der Waals surface area contributed by atoms with Gasteiger partial charge in [0.05, 0.1) is 32.7 Å². The van der Waals surface area contributed by atoms with Crippen molar-refractivity contribution in [3.63, 3.8) is 0 Å². The highest BCUT2D eigenvalue weighted by Gasteiger charge is 2.28. The Balaban J connectivity index is 1.71. The Morgan fingerprint density at radius 1 is 1.17 bits per heavy atom. The fourth-order valence-corrected chi connectivity index (χ4v) is 3.45. The Morgan fingerprint density at radius 3 is 2.50 bits per heavy atom. The average molecular weight is 326 g/mol. The van der Waals surface area contributed by atoms with E-state index in [1.54, 1.807) is 4.90 Å². The molecule has 1 aliphatic heterocycles. The number of hydrogen-bond acceptors (Lipinski definition) is 2. The maximum atomic E-state index is 12.8. The van der Waals surface area contributed by atoms with Gasteiger partial charge in [0, 0.05) is 12.7 Å². The number of carbonyl (C=O) groups is 1. The summed E-state index contributed by atoms with van der Waals surface area (Å²) in [4.78, 5) is 18.6. The van der Waals surface area contributed by atoms with Gasteiger partial charge in [-0.15, -0.1) is 0 Å². The van der Waals surface area contributed by atoms with Crippen LogP contribution in [0.5, 0.6) is 0 Å². The molecule has 0 saturated carbocycles. The zero-order valence-corrected chi connectivity index (χ0v) is 15.0. The molecule has 1 N–H and O–H groups in total. The third-order valence-corrected chi connectivity index (χ3v) is 5.36. The first kappa shape index (κ1) is 16.8. The number of likely N-dealkylation sites (N-methyl/N-ethyl adjacent to an activating group) is 2. The van der Waals surface area contributed by atoms with Crippen LogP contribution in [0, 0.1) is 0 Å². The molecule has 0 bridgehead atoms. The second-order valence-corrected chi connectivity index (χ2v) is 6.75. The van der Waals surface area contributed by atoms with Gasteiger partial charge in [-0.05, 0) is 36.8 Å².